The normalized spacial score (nSPS) is 10.5. The van der Waals surface area contributed by atoms with E-state index >= 15 is 0 Å². The number of nitrogens with one attached hydrogen (secondary N) is 2. The van der Waals surface area contributed by atoms with Crippen LogP contribution < -0.4 is 5.32 Å². The standard InChI is InChI=1S/C16H14FN5O/c17-12-6-2-1-5-11(12)8-9-14(23)19-16-20-15(21-22-16)13-7-3-4-10-18-13/h1-7,10H,8-9H2,(H2,19,20,21,22,23). The third kappa shape index (κ3) is 3.76. The number of pyridine rings is 1. The van der Waals surface area contributed by atoms with Gasteiger partial charge in [-0.2, -0.15) is 0 Å². The van der Waals surface area contributed by atoms with Gasteiger partial charge in [0.05, 0.1) is 0 Å². The van der Waals surface area contributed by atoms with Gasteiger partial charge in [-0.15, -0.1) is 10.2 Å². The Kier molecular flexibility index (Phi) is 4.37. The molecule has 2 heterocycles. The van der Waals surface area contributed by atoms with Gasteiger partial charge in [-0.25, -0.2) is 4.39 Å². The summed E-state index contributed by atoms with van der Waals surface area (Å²) in [4.78, 5) is 18.9. The van der Waals surface area contributed by atoms with Crippen LogP contribution in [0.2, 0.25) is 0 Å². The van der Waals surface area contributed by atoms with Crippen molar-refractivity contribution in [3.05, 3.63) is 60.0 Å². The third-order valence-electron chi connectivity index (χ3n) is 3.23. The molecule has 116 valence electrons. The molecule has 0 unspecified atom stereocenters. The molecule has 2 aromatic heterocycles. The van der Waals surface area contributed by atoms with Gasteiger partial charge in [0.25, 0.3) is 0 Å². The number of H-pyrrole nitrogens is 1. The van der Waals surface area contributed by atoms with Gasteiger partial charge in [-0.1, -0.05) is 24.3 Å². The van der Waals surface area contributed by atoms with E-state index in [0.29, 0.717) is 23.5 Å². The smallest absolute Gasteiger partial charge is 0.228 e. The van der Waals surface area contributed by atoms with Crippen molar-refractivity contribution < 1.29 is 9.18 Å². The van der Waals surface area contributed by atoms with Crippen molar-refractivity contribution in [2.45, 2.75) is 12.8 Å². The minimum absolute atomic E-state index is 0.153. The van der Waals surface area contributed by atoms with E-state index in [4.69, 9.17) is 0 Å². The van der Waals surface area contributed by atoms with Crippen LogP contribution in [0.3, 0.4) is 0 Å². The first-order chi connectivity index (χ1) is 11.2. The largest absolute Gasteiger partial charge is 0.306 e. The van der Waals surface area contributed by atoms with Crippen LogP contribution in [0.4, 0.5) is 10.3 Å². The number of aromatic amines is 1. The first-order valence-electron chi connectivity index (χ1n) is 7.10. The van der Waals surface area contributed by atoms with Gasteiger partial charge in [0.15, 0.2) is 5.82 Å². The van der Waals surface area contributed by atoms with E-state index in [2.05, 4.69) is 25.5 Å². The Balaban J connectivity index is 1.58. The van der Waals surface area contributed by atoms with E-state index in [-0.39, 0.29) is 24.1 Å². The summed E-state index contributed by atoms with van der Waals surface area (Å²) >= 11 is 0. The number of hydrogen-bond donors (Lipinski definition) is 2. The summed E-state index contributed by atoms with van der Waals surface area (Å²) in [6.07, 6.45) is 2.12. The molecular formula is C16H14FN5O. The second kappa shape index (κ2) is 6.78. The second-order valence-corrected chi connectivity index (χ2v) is 4.88. The molecule has 3 aromatic rings. The fraction of sp³-hybridized carbons (Fsp3) is 0.125. The number of anilines is 1. The highest BCUT2D eigenvalue weighted by Crippen LogP contribution is 2.13. The van der Waals surface area contributed by atoms with Crippen LogP contribution in [0.1, 0.15) is 12.0 Å². The van der Waals surface area contributed by atoms with Gasteiger partial charge in [-0.05, 0) is 30.2 Å². The topological polar surface area (TPSA) is 83.6 Å². The molecule has 0 aliphatic heterocycles. The lowest BCUT2D eigenvalue weighted by atomic mass is 10.1. The molecule has 23 heavy (non-hydrogen) atoms. The molecule has 3 rings (SSSR count). The molecule has 0 spiro atoms. The number of nitrogens with zero attached hydrogens (tertiary/aromatic N) is 3. The Bertz CT molecular complexity index is 803. The third-order valence-corrected chi connectivity index (χ3v) is 3.23. The number of aromatic nitrogens is 4. The predicted octanol–water partition coefficient (Wildman–Crippen LogP) is 2.58. The number of halogens is 1. The lowest BCUT2D eigenvalue weighted by Gasteiger charge is -2.03. The monoisotopic (exact) mass is 311 g/mol. The summed E-state index contributed by atoms with van der Waals surface area (Å²) in [5, 5.41) is 10.4. The van der Waals surface area contributed by atoms with E-state index in [1.54, 1.807) is 36.5 Å². The predicted molar refractivity (Wildman–Crippen MR) is 83.0 cm³/mol. The van der Waals surface area contributed by atoms with Gasteiger partial charge in [0.2, 0.25) is 11.9 Å². The minimum atomic E-state index is -0.308. The van der Waals surface area contributed by atoms with Crippen molar-refractivity contribution in [1.29, 1.82) is 0 Å². The van der Waals surface area contributed by atoms with E-state index < -0.39 is 0 Å². The van der Waals surface area contributed by atoms with Crippen molar-refractivity contribution in [3.8, 4) is 11.5 Å². The highest BCUT2D eigenvalue weighted by Gasteiger charge is 2.10. The Labute approximate surface area is 131 Å². The van der Waals surface area contributed by atoms with E-state index in [9.17, 15) is 9.18 Å². The lowest BCUT2D eigenvalue weighted by molar-refractivity contribution is -0.116. The fourth-order valence-electron chi connectivity index (χ4n) is 2.08. The van der Waals surface area contributed by atoms with E-state index in [1.165, 1.54) is 6.07 Å². The molecule has 0 saturated carbocycles. The molecule has 2 N–H and O–H groups in total. The van der Waals surface area contributed by atoms with Crippen molar-refractivity contribution in [2.24, 2.45) is 0 Å². The Morgan fingerprint density at radius 1 is 1.13 bits per heavy atom. The molecule has 1 amide bonds. The van der Waals surface area contributed by atoms with Crippen molar-refractivity contribution >= 4 is 11.9 Å². The van der Waals surface area contributed by atoms with Gasteiger partial charge >= 0.3 is 0 Å². The van der Waals surface area contributed by atoms with Crippen molar-refractivity contribution in [3.63, 3.8) is 0 Å². The number of hydrogen-bond acceptors (Lipinski definition) is 4. The summed E-state index contributed by atoms with van der Waals surface area (Å²) in [7, 11) is 0. The number of benzene rings is 1. The maximum absolute atomic E-state index is 13.5. The van der Waals surface area contributed by atoms with Crippen molar-refractivity contribution in [2.75, 3.05) is 5.32 Å². The van der Waals surface area contributed by atoms with Crippen LogP contribution in [-0.4, -0.2) is 26.1 Å². The van der Waals surface area contributed by atoms with E-state index in [0.717, 1.165) is 0 Å². The Hall–Kier alpha value is -3.09. The highest BCUT2D eigenvalue weighted by molar-refractivity contribution is 5.89. The van der Waals surface area contributed by atoms with Gasteiger partial charge in [0.1, 0.15) is 11.5 Å². The first-order valence-corrected chi connectivity index (χ1v) is 7.10. The zero-order chi connectivity index (χ0) is 16.1. The van der Waals surface area contributed by atoms with Gasteiger partial charge < -0.3 is 4.98 Å². The minimum Gasteiger partial charge on any atom is -0.306 e. The molecule has 0 fully saturated rings. The number of amides is 1. The summed E-state index contributed by atoms with van der Waals surface area (Å²) in [6.45, 7) is 0. The van der Waals surface area contributed by atoms with Crippen LogP contribution in [0.5, 0.6) is 0 Å². The van der Waals surface area contributed by atoms with Gasteiger partial charge in [-0.3, -0.25) is 15.1 Å². The maximum atomic E-state index is 13.5. The number of carbonyl (C=O) groups excluding carboxylic acids is 1. The molecule has 0 atom stereocenters. The van der Waals surface area contributed by atoms with Crippen molar-refractivity contribution in [1.82, 2.24) is 20.2 Å². The summed E-state index contributed by atoms with van der Waals surface area (Å²) in [6, 6.07) is 11.8. The molecular weight excluding hydrogens is 297 g/mol. The molecule has 1 aromatic carbocycles. The molecule has 0 aliphatic carbocycles. The molecule has 7 heteroatoms. The summed E-state index contributed by atoms with van der Waals surface area (Å²) in [5.74, 6) is 0.133. The number of aryl methyl sites for hydroxylation is 1. The second-order valence-electron chi connectivity index (χ2n) is 4.88. The van der Waals surface area contributed by atoms with Crippen LogP contribution in [0, 0.1) is 5.82 Å². The van der Waals surface area contributed by atoms with E-state index in [1.807, 2.05) is 6.07 Å². The molecule has 6 nitrogen and oxygen atoms in total. The number of carbonyl (C=O) groups is 1. The highest BCUT2D eigenvalue weighted by atomic mass is 19.1. The first kappa shape index (κ1) is 14.8. The average molecular weight is 311 g/mol. The van der Waals surface area contributed by atoms with Crippen LogP contribution in [-0.2, 0) is 11.2 Å². The SMILES string of the molecule is O=C(CCc1ccccc1F)Nc1nnc(-c2ccccn2)[nH]1. The molecule has 0 aliphatic rings. The zero-order valence-corrected chi connectivity index (χ0v) is 12.2. The zero-order valence-electron chi connectivity index (χ0n) is 12.2. The van der Waals surface area contributed by atoms with Crippen LogP contribution >= 0.6 is 0 Å². The van der Waals surface area contributed by atoms with Gasteiger partial charge in [0, 0.05) is 12.6 Å². The van der Waals surface area contributed by atoms with Crippen LogP contribution in [0.25, 0.3) is 11.5 Å². The lowest BCUT2D eigenvalue weighted by Crippen LogP contribution is -2.13. The molecule has 0 saturated heterocycles. The quantitative estimate of drug-likeness (QED) is 0.758. The number of rotatable bonds is 5. The Morgan fingerprint density at radius 3 is 2.74 bits per heavy atom. The molecule has 0 bridgehead atoms. The van der Waals surface area contributed by atoms with Crippen LogP contribution in [0.15, 0.2) is 48.7 Å². The Morgan fingerprint density at radius 2 is 1.96 bits per heavy atom. The maximum Gasteiger partial charge on any atom is 0.228 e. The summed E-state index contributed by atoms with van der Waals surface area (Å²) in [5.41, 5.74) is 1.14. The molecule has 0 radical (unpaired) electrons. The average Bonchev–Trinajstić information content (AvgIpc) is 3.03. The fourth-order valence-corrected chi connectivity index (χ4v) is 2.08. The summed E-state index contributed by atoms with van der Waals surface area (Å²) < 4.78 is 13.5.